The molecule has 0 aliphatic carbocycles. The Balaban J connectivity index is -0.0000000121. The van der Waals surface area contributed by atoms with Gasteiger partial charge in [0, 0.05) is 34.1 Å². The van der Waals surface area contributed by atoms with E-state index in [1.807, 2.05) is 0 Å². The fourth-order valence-corrected chi connectivity index (χ4v) is 0. The fraction of sp³-hybridized carbons (Fsp3) is 0.571. The summed E-state index contributed by atoms with van der Waals surface area (Å²) >= 11 is 4.25. The van der Waals surface area contributed by atoms with Gasteiger partial charge in [0.2, 0.25) is 0 Å². The van der Waals surface area contributed by atoms with E-state index in [-0.39, 0.29) is 34.1 Å². The zero-order chi connectivity index (χ0) is 21.0. The molecule has 10 heteroatoms. The van der Waals surface area contributed by atoms with Crippen molar-refractivity contribution in [2.24, 2.45) is 0 Å². The topological polar surface area (TPSA) is 119 Å². The van der Waals surface area contributed by atoms with Gasteiger partial charge in [0.15, 0.2) is 0 Å². The van der Waals surface area contributed by atoms with Crippen molar-refractivity contribution >= 4 is 44.6 Å². The average Bonchev–Trinajstić information content (AvgIpc) is 2.48. The molecule has 0 heterocycles. The van der Waals surface area contributed by atoms with Gasteiger partial charge in [0.1, 0.15) is 0 Å². The van der Waals surface area contributed by atoms with Crippen molar-refractivity contribution in [2.45, 2.75) is 48.5 Å². The van der Waals surface area contributed by atoms with Crippen molar-refractivity contribution in [1.82, 2.24) is 0 Å². The molecule has 24 heavy (non-hydrogen) atoms. The maximum absolute atomic E-state index is 7.50. The normalized spacial score (nSPS) is 5.50. The average molecular weight is 649 g/mol. The zero-order valence-electron chi connectivity index (χ0n) is 14.0. The minimum atomic E-state index is 0. The van der Waals surface area contributed by atoms with Gasteiger partial charge in [-0.1, -0.05) is 0 Å². The Morgan fingerprint density at radius 2 is 0.417 bits per heavy atom. The molecule has 0 saturated heterocycles. The van der Waals surface area contributed by atoms with E-state index >= 15 is 0 Å². The van der Waals surface area contributed by atoms with Gasteiger partial charge in [-0.05, 0) is 0 Å². The van der Waals surface area contributed by atoms with E-state index in [0.29, 0.717) is 6.93 Å². The van der Waals surface area contributed by atoms with Crippen molar-refractivity contribution in [2.75, 3.05) is 0 Å². The molecular weight excluding hydrogens is 631 g/mol. The van der Waals surface area contributed by atoms with Crippen LogP contribution in [0.5, 0.6) is 0 Å². The molecule has 0 aliphatic rings. The van der Waals surface area contributed by atoms with Gasteiger partial charge in [-0.3, -0.25) is 0 Å². The van der Waals surface area contributed by atoms with Crippen LogP contribution in [0.2, 0.25) is 6.93 Å². The number of hydrogen-bond donors (Lipinski definition) is 0. The first-order chi connectivity index (χ1) is 10.0. The van der Waals surface area contributed by atoms with Gasteiger partial charge in [0.25, 0.3) is 0 Å². The van der Waals surface area contributed by atoms with E-state index < -0.39 is 0 Å². The van der Waals surface area contributed by atoms with Crippen molar-refractivity contribution in [3.63, 3.8) is 0 Å². The zero-order valence-corrected chi connectivity index (χ0v) is 20.8. The monoisotopic (exact) mass is 654 g/mol. The van der Waals surface area contributed by atoms with Gasteiger partial charge < -0.3 is 0 Å². The van der Waals surface area contributed by atoms with Gasteiger partial charge >= 0.3 is 161 Å². The molecule has 0 amide bonds. The number of hydrogen-bond acceptors (Lipinski definition) is 0. The Morgan fingerprint density at radius 3 is 0.417 bits per heavy atom. The van der Waals surface area contributed by atoms with Crippen LogP contribution >= 0.6 is 0 Å². The molecule has 0 aromatic rings. The summed E-state index contributed by atoms with van der Waals surface area (Å²) in [5, 5.41) is 0. The Labute approximate surface area is 193 Å². The van der Waals surface area contributed by atoms with Gasteiger partial charge in [-0.25, -0.2) is 0 Å². The molecular formula is C14H18Fe2O6Te2. The molecule has 0 aliphatic heterocycles. The molecule has 0 spiro atoms. The predicted molar refractivity (Wildman–Crippen MR) is 74.5 cm³/mol. The van der Waals surface area contributed by atoms with Crippen molar-refractivity contribution < 1.29 is 62.1 Å². The molecule has 0 N–H and O–H groups in total. The summed E-state index contributed by atoms with van der Waals surface area (Å²) in [6.07, 6.45) is 0. The summed E-state index contributed by atoms with van der Waals surface area (Å²) in [5.74, 6) is 0. The van der Waals surface area contributed by atoms with E-state index in [4.69, 9.17) is 27.9 Å². The van der Waals surface area contributed by atoms with E-state index in [2.05, 4.69) is 126 Å². The van der Waals surface area contributed by atoms with E-state index in [9.17, 15) is 0 Å². The van der Waals surface area contributed by atoms with E-state index in [1.165, 1.54) is 0 Å². The molecule has 138 valence electrons. The molecule has 0 fully saturated rings. The van der Waals surface area contributed by atoms with Crippen LogP contribution < -0.4 is 0 Å². The molecule has 0 aromatic carbocycles. The van der Waals surface area contributed by atoms with Crippen molar-refractivity contribution in [3.05, 3.63) is 39.9 Å². The minimum absolute atomic E-state index is 0. The molecule has 6 nitrogen and oxygen atoms in total. The standard InChI is InChI=1S/2C4H9Te.6CO.2Fe/c2*1-4(2,3)5;6*1-2;;/h2*1-3H3;;;;;;;;. The van der Waals surface area contributed by atoms with E-state index in [0.717, 1.165) is 0 Å². The molecule has 0 saturated carbocycles. The Morgan fingerprint density at radius 1 is 0.417 bits per heavy atom. The van der Waals surface area contributed by atoms with Gasteiger partial charge in [-0.2, -0.15) is 0 Å². The molecule has 0 atom stereocenters. The molecule has 0 rings (SSSR count). The van der Waals surface area contributed by atoms with Crippen molar-refractivity contribution in [1.29, 1.82) is 0 Å². The predicted octanol–water partition coefficient (Wildman–Crippen LogP) is 2.52. The quantitative estimate of drug-likeness (QED) is 0.218. The van der Waals surface area contributed by atoms with Gasteiger partial charge in [-0.15, -0.1) is 0 Å². The smallest absolute Gasteiger partial charge is 0 e. The van der Waals surface area contributed by atoms with Crippen LogP contribution in [0.15, 0.2) is 0 Å². The molecule has 0 aromatic heterocycles. The van der Waals surface area contributed by atoms with Crippen LogP contribution in [-0.2, 0) is 62.1 Å². The summed E-state index contributed by atoms with van der Waals surface area (Å²) in [6, 6.07) is 0. The van der Waals surface area contributed by atoms with Crippen LogP contribution in [0.3, 0.4) is 0 Å². The molecule has 2 radical (unpaired) electrons. The first-order valence-corrected chi connectivity index (χ1v) is 6.96. The summed E-state index contributed by atoms with van der Waals surface area (Å²) in [5.41, 5.74) is 0. The largest absolute Gasteiger partial charge is 0 e. The third-order valence-corrected chi connectivity index (χ3v) is 0. The first-order valence-electron chi connectivity index (χ1n) is 4.63. The Kier molecular flexibility index (Phi) is 200. The molecule has 0 bridgehead atoms. The first kappa shape index (κ1) is 64.0. The minimum Gasteiger partial charge on any atom is 0 e. The van der Waals surface area contributed by atoms with Crippen LogP contribution in [0.1, 0.15) is 41.5 Å². The third kappa shape index (κ3) is 10000. The summed E-state index contributed by atoms with van der Waals surface area (Å²) < 4.78 is 46.0. The maximum atomic E-state index is 7.50. The van der Waals surface area contributed by atoms with Gasteiger partial charge in [0.05, 0.1) is 0 Å². The Bertz CT molecular complexity index is 214. The van der Waals surface area contributed by atoms with Crippen LogP contribution in [0, 0.1) is 39.9 Å². The van der Waals surface area contributed by atoms with Crippen molar-refractivity contribution in [3.8, 4) is 0 Å². The SMILES string of the molecule is CC(C)(C)[Te].CC(C)(C)[Te].[C-]#[O+].[C-]#[O+].[C-]#[O+].[C-]#[O+].[C-]#[O+].[C-]#[O+].[Fe].[Fe]. The second kappa shape index (κ2) is 75.0. The second-order valence-corrected chi connectivity index (χ2v) is 11.2. The fourth-order valence-electron chi connectivity index (χ4n) is 0. The summed E-state index contributed by atoms with van der Waals surface area (Å²) in [7, 11) is 0. The summed E-state index contributed by atoms with van der Waals surface area (Å²) in [6.45, 7) is 40.2. The molecule has 0 unspecified atom stereocenters. The van der Waals surface area contributed by atoms with Crippen LogP contribution in [-0.4, -0.2) is 44.6 Å². The summed E-state index contributed by atoms with van der Waals surface area (Å²) in [4.78, 5) is 0. The van der Waals surface area contributed by atoms with E-state index in [1.54, 1.807) is 0 Å². The third-order valence-electron chi connectivity index (χ3n) is 0. The Hall–Kier alpha value is 1.06. The maximum Gasteiger partial charge on any atom is 0 e. The van der Waals surface area contributed by atoms with Crippen LogP contribution in [0.25, 0.3) is 0 Å². The van der Waals surface area contributed by atoms with Crippen LogP contribution in [0.4, 0.5) is 0 Å². The number of rotatable bonds is 0. The second-order valence-electron chi connectivity index (χ2n) is 4.22.